The number of nitrogens with zero attached hydrogens (tertiary/aromatic N) is 1. The van der Waals surface area contributed by atoms with Crippen molar-refractivity contribution in [3.8, 4) is 5.75 Å². The summed E-state index contributed by atoms with van der Waals surface area (Å²) < 4.78 is 22.6. The molecular weight excluding hydrogens is 360 g/mol. The van der Waals surface area contributed by atoms with E-state index in [2.05, 4.69) is 5.32 Å². The Morgan fingerprint density at radius 3 is 2.54 bits per heavy atom. The largest absolute Gasteiger partial charge is 0.491 e. The van der Waals surface area contributed by atoms with Crippen molar-refractivity contribution >= 4 is 22.6 Å². The van der Waals surface area contributed by atoms with Crippen molar-refractivity contribution in [2.75, 3.05) is 12.9 Å². The van der Waals surface area contributed by atoms with Gasteiger partial charge in [-0.3, -0.25) is 14.3 Å². The molecule has 8 nitrogen and oxygen atoms in total. The highest BCUT2D eigenvalue weighted by Crippen LogP contribution is 2.37. The zero-order valence-electron chi connectivity index (χ0n) is 15.4. The zero-order valence-corrected chi connectivity index (χ0v) is 16.2. The molecule has 0 radical (unpaired) electrons. The van der Waals surface area contributed by atoms with E-state index in [4.69, 9.17) is 9.47 Å². The molecule has 0 aliphatic heterocycles. The monoisotopic (exact) mass is 384 g/mol. The van der Waals surface area contributed by atoms with Crippen LogP contribution in [-0.2, 0) is 21.3 Å². The maximum Gasteiger partial charge on any atom is 0.408 e. The molecule has 0 aromatic heterocycles. The Morgan fingerprint density at radius 1 is 1.38 bits per heavy atom. The number of carbonyl (C=O) groups is 1. The molecule has 1 saturated carbocycles. The number of amides is 1. The molecule has 0 bridgehead atoms. The van der Waals surface area contributed by atoms with Crippen molar-refractivity contribution in [2.45, 2.75) is 50.5 Å². The van der Waals surface area contributed by atoms with Gasteiger partial charge in [-0.15, -0.1) is 0 Å². The number of carbonyl (C=O) groups excluding carboxylic acids is 1. The van der Waals surface area contributed by atoms with Crippen LogP contribution in [0.2, 0.25) is 0 Å². The summed E-state index contributed by atoms with van der Waals surface area (Å²) in [6.07, 6.45) is 2.54. The number of hydrogen-bond acceptors (Lipinski definition) is 6. The SMILES string of the molecule is CS(=O)Cc1cc([N+](=O)[O-])ccc1OCC1(NC(=O)OC(C)(C)C)CC1. The van der Waals surface area contributed by atoms with Crippen molar-refractivity contribution in [1.29, 1.82) is 0 Å². The first kappa shape index (κ1) is 20.2. The van der Waals surface area contributed by atoms with E-state index in [-0.39, 0.29) is 18.0 Å². The van der Waals surface area contributed by atoms with Crippen LogP contribution in [0.1, 0.15) is 39.2 Å². The summed E-state index contributed by atoms with van der Waals surface area (Å²) in [6, 6.07) is 4.22. The van der Waals surface area contributed by atoms with Gasteiger partial charge in [-0.25, -0.2) is 4.79 Å². The minimum atomic E-state index is -1.17. The van der Waals surface area contributed by atoms with E-state index >= 15 is 0 Å². The van der Waals surface area contributed by atoms with E-state index in [1.165, 1.54) is 24.5 Å². The molecule has 1 N–H and O–H groups in total. The second-order valence-corrected chi connectivity index (χ2v) is 8.90. The average molecular weight is 384 g/mol. The van der Waals surface area contributed by atoms with E-state index in [9.17, 15) is 19.1 Å². The molecule has 1 aliphatic rings. The van der Waals surface area contributed by atoms with Gasteiger partial charge in [0.15, 0.2) is 0 Å². The van der Waals surface area contributed by atoms with Crippen molar-refractivity contribution < 1.29 is 23.4 Å². The lowest BCUT2D eigenvalue weighted by Gasteiger charge is -2.24. The van der Waals surface area contributed by atoms with E-state index in [1.54, 1.807) is 20.8 Å². The molecule has 0 saturated heterocycles. The molecular formula is C17H24N2O6S. The predicted octanol–water partition coefficient (Wildman–Crippen LogP) is 2.91. The van der Waals surface area contributed by atoms with Gasteiger partial charge >= 0.3 is 6.09 Å². The highest BCUT2D eigenvalue weighted by Gasteiger charge is 2.46. The first-order valence-electron chi connectivity index (χ1n) is 8.21. The molecule has 0 spiro atoms. The van der Waals surface area contributed by atoms with Crippen LogP contribution in [0.25, 0.3) is 0 Å². The van der Waals surface area contributed by atoms with Crippen LogP contribution in [0, 0.1) is 10.1 Å². The van der Waals surface area contributed by atoms with E-state index in [0.717, 1.165) is 12.8 Å². The molecule has 0 heterocycles. The van der Waals surface area contributed by atoms with Crippen LogP contribution in [0.15, 0.2) is 18.2 Å². The molecule has 1 aromatic rings. The molecule has 1 fully saturated rings. The third kappa shape index (κ3) is 5.98. The number of hydrogen-bond donors (Lipinski definition) is 1. The highest BCUT2D eigenvalue weighted by atomic mass is 32.2. The van der Waals surface area contributed by atoms with Gasteiger partial charge in [0.25, 0.3) is 5.69 Å². The summed E-state index contributed by atoms with van der Waals surface area (Å²) in [5.74, 6) is 0.590. The van der Waals surface area contributed by atoms with Gasteiger partial charge in [-0.2, -0.15) is 0 Å². The van der Waals surface area contributed by atoms with Crippen LogP contribution >= 0.6 is 0 Å². The highest BCUT2D eigenvalue weighted by molar-refractivity contribution is 7.83. The second kappa shape index (κ2) is 7.61. The van der Waals surface area contributed by atoms with Gasteiger partial charge in [-0.1, -0.05) is 0 Å². The normalized spacial score (nSPS) is 16.5. The summed E-state index contributed by atoms with van der Waals surface area (Å²) in [4.78, 5) is 22.4. The van der Waals surface area contributed by atoms with Gasteiger partial charge < -0.3 is 14.8 Å². The lowest BCUT2D eigenvalue weighted by Crippen LogP contribution is -2.44. The Morgan fingerprint density at radius 2 is 2.04 bits per heavy atom. The van der Waals surface area contributed by atoms with E-state index < -0.39 is 33.0 Å². The van der Waals surface area contributed by atoms with E-state index in [0.29, 0.717) is 11.3 Å². The van der Waals surface area contributed by atoms with Crippen molar-refractivity contribution in [3.05, 3.63) is 33.9 Å². The number of rotatable bonds is 7. The summed E-state index contributed by atoms with van der Waals surface area (Å²) in [6.45, 7) is 5.58. The Bertz CT molecular complexity index is 724. The van der Waals surface area contributed by atoms with Gasteiger partial charge in [0.05, 0.1) is 16.2 Å². The number of nitrogens with one attached hydrogen (secondary N) is 1. The summed E-state index contributed by atoms with van der Waals surface area (Å²) in [5.41, 5.74) is -0.649. The summed E-state index contributed by atoms with van der Waals surface area (Å²) in [7, 11) is -1.17. The minimum absolute atomic E-state index is 0.0779. The Labute approximate surface area is 154 Å². The minimum Gasteiger partial charge on any atom is -0.491 e. The Hall–Kier alpha value is -2.16. The first-order valence-corrected chi connectivity index (χ1v) is 9.94. The molecule has 2 rings (SSSR count). The molecule has 144 valence electrons. The maximum absolute atomic E-state index is 12.0. The molecule has 26 heavy (non-hydrogen) atoms. The van der Waals surface area contributed by atoms with Gasteiger partial charge in [-0.05, 0) is 39.7 Å². The smallest absolute Gasteiger partial charge is 0.408 e. The molecule has 1 aromatic carbocycles. The molecule has 1 aliphatic carbocycles. The quantitative estimate of drug-likeness (QED) is 0.572. The van der Waals surface area contributed by atoms with Crippen LogP contribution in [0.3, 0.4) is 0 Å². The topological polar surface area (TPSA) is 108 Å². The molecule has 1 amide bonds. The standard InChI is InChI=1S/C17H24N2O6S/c1-16(2,3)25-15(20)18-17(7-8-17)11-24-14-6-5-13(19(21)22)9-12(14)10-26(4)23/h5-6,9H,7-8,10-11H2,1-4H3,(H,18,20). The van der Waals surface area contributed by atoms with Crippen molar-refractivity contribution in [1.82, 2.24) is 5.32 Å². The predicted molar refractivity (Wildman–Crippen MR) is 97.7 cm³/mol. The van der Waals surface area contributed by atoms with Crippen LogP contribution in [0.5, 0.6) is 5.75 Å². The number of ether oxygens (including phenoxy) is 2. The number of nitro groups is 1. The lowest BCUT2D eigenvalue weighted by molar-refractivity contribution is -0.384. The number of nitro benzene ring substituents is 1. The lowest BCUT2D eigenvalue weighted by atomic mass is 10.2. The fourth-order valence-electron chi connectivity index (χ4n) is 2.34. The van der Waals surface area contributed by atoms with Crippen molar-refractivity contribution in [2.24, 2.45) is 0 Å². The van der Waals surface area contributed by atoms with Crippen molar-refractivity contribution in [3.63, 3.8) is 0 Å². The molecule has 1 atom stereocenters. The van der Waals surface area contributed by atoms with Crippen LogP contribution in [-0.4, -0.2) is 39.2 Å². The maximum atomic E-state index is 12.0. The fraction of sp³-hybridized carbons (Fsp3) is 0.588. The van der Waals surface area contributed by atoms with Gasteiger partial charge in [0.2, 0.25) is 0 Å². The van der Waals surface area contributed by atoms with Gasteiger partial charge in [0, 0.05) is 34.8 Å². The Kier molecular flexibility index (Phi) is 5.90. The Balaban J connectivity index is 2.05. The number of alkyl carbamates (subject to hydrolysis) is 1. The summed E-state index contributed by atoms with van der Waals surface area (Å²) >= 11 is 0. The fourth-order valence-corrected chi connectivity index (χ4v) is 3.01. The van der Waals surface area contributed by atoms with Gasteiger partial charge in [0.1, 0.15) is 18.0 Å². The summed E-state index contributed by atoms with van der Waals surface area (Å²) in [5, 5.41) is 13.8. The first-order chi connectivity index (χ1) is 12.0. The number of non-ortho nitro benzene ring substituents is 1. The molecule has 9 heteroatoms. The van der Waals surface area contributed by atoms with Crippen LogP contribution in [0.4, 0.5) is 10.5 Å². The zero-order chi connectivity index (χ0) is 19.5. The second-order valence-electron chi connectivity index (χ2n) is 7.46. The third-order valence-electron chi connectivity index (χ3n) is 3.74. The van der Waals surface area contributed by atoms with Crippen LogP contribution < -0.4 is 10.1 Å². The third-order valence-corrected chi connectivity index (χ3v) is 4.45. The van der Waals surface area contributed by atoms with E-state index in [1.807, 2.05) is 0 Å². The average Bonchev–Trinajstić information content (AvgIpc) is 3.22. The molecule has 1 unspecified atom stereocenters. The number of benzene rings is 1.